The molecule has 15 heavy (non-hydrogen) atoms. The quantitative estimate of drug-likeness (QED) is 0.744. The zero-order valence-electron chi connectivity index (χ0n) is 8.58. The summed E-state index contributed by atoms with van der Waals surface area (Å²) in [4.78, 5) is 11.0. The molecule has 4 fully saturated rings. The molecular weight excluding hydrogens is 256 g/mol. The van der Waals surface area contributed by atoms with Crippen LogP contribution in [-0.4, -0.2) is 11.1 Å². The summed E-state index contributed by atoms with van der Waals surface area (Å²) < 4.78 is 0.469. The van der Waals surface area contributed by atoms with Gasteiger partial charge in [0.1, 0.15) is 4.48 Å². The number of carboxylic acids is 1. The first-order valence-electron chi connectivity index (χ1n) is 5.78. The molecule has 0 aliphatic heterocycles. The summed E-state index contributed by atoms with van der Waals surface area (Å²) in [5.41, 5.74) is 1.23. The molecule has 4 aliphatic carbocycles. The Morgan fingerprint density at radius 2 is 1.53 bits per heavy atom. The van der Waals surface area contributed by atoms with Gasteiger partial charge in [-0.1, -0.05) is 0 Å². The molecule has 1 N–H and O–H groups in total. The molecule has 0 aromatic heterocycles. The Morgan fingerprint density at radius 1 is 1.07 bits per heavy atom. The van der Waals surface area contributed by atoms with E-state index in [1.54, 1.807) is 0 Å². The fourth-order valence-corrected chi connectivity index (χ4v) is 4.82. The van der Waals surface area contributed by atoms with Gasteiger partial charge in [-0.2, -0.15) is 0 Å². The van der Waals surface area contributed by atoms with E-state index in [9.17, 15) is 4.79 Å². The van der Waals surface area contributed by atoms with Crippen LogP contribution in [0, 0.1) is 23.7 Å². The Hall–Kier alpha value is -0.310. The molecule has 0 heterocycles. The van der Waals surface area contributed by atoms with E-state index in [0.29, 0.717) is 16.3 Å². The zero-order valence-corrected chi connectivity index (χ0v) is 10.2. The maximum Gasteiger partial charge on any atom is 0.342 e. The van der Waals surface area contributed by atoms with E-state index in [-0.39, 0.29) is 0 Å². The second kappa shape index (κ2) is 3.34. The summed E-state index contributed by atoms with van der Waals surface area (Å²) in [5.74, 6) is 2.16. The van der Waals surface area contributed by atoms with Gasteiger partial charge in [0.05, 0.1) is 0 Å². The first-order chi connectivity index (χ1) is 7.15. The first kappa shape index (κ1) is 9.88. The third-order valence-corrected chi connectivity index (χ3v) is 5.26. The fraction of sp³-hybridized carbons (Fsp3) is 0.750. The van der Waals surface area contributed by atoms with Gasteiger partial charge in [-0.25, -0.2) is 4.79 Å². The molecule has 0 aromatic rings. The molecular formula is C12H15BrO2. The van der Waals surface area contributed by atoms with Gasteiger partial charge >= 0.3 is 5.97 Å². The smallest absolute Gasteiger partial charge is 0.342 e. The number of carbonyl (C=O) groups is 1. The average Bonchev–Trinajstić information content (AvgIpc) is 2.15. The molecule has 0 spiro atoms. The molecule has 4 bridgehead atoms. The van der Waals surface area contributed by atoms with Crippen molar-refractivity contribution in [2.45, 2.75) is 32.1 Å². The van der Waals surface area contributed by atoms with Crippen LogP contribution in [0.5, 0.6) is 0 Å². The Labute approximate surface area is 97.9 Å². The summed E-state index contributed by atoms with van der Waals surface area (Å²) in [6.07, 6.45) is 6.37. The van der Waals surface area contributed by atoms with Crippen molar-refractivity contribution in [3.8, 4) is 0 Å². The topological polar surface area (TPSA) is 37.3 Å². The molecule has 0 aromatic carbocycles. The maximum absolute atomic E-state index is 11.0. The number of aliphatic carboxylic acids is 1. The van der Waals surface area contributed by atoms with E-state index in [4.69, 9.17) is 5.11 Å². The van der Waals surface area contributed by atoms with E-state index in [1.807, 2.05) is 0 Å². The zero-order chi connectivity index (χ0) is 10.6. The third kappa shape index (κ3) is 1.47. The fourth-order valence-electron chi connectivity index (χ4n) is 4.17. The van der Waals surface area contributed by atoms with Crippen molar-refractivity contribution in [3.63, 3.8) is 0 Å². The normalized spacial score (nSPS) is 42.1. The summed E-state index contributed by atoms with van der Waals surface area (Å²) >= 11 is 3.27. The first-order valence-corrected chi connectivity index (χ1v) is 6.57. The van der Waals surface area contributed by atoms with Crippen LogP contribution in [-0.2, 0) is 4.79 Å². The maximum atomic E-state index is 11.0. The van der Waals surface area contributed by atoms with Crippen molar-refractivity contribution in [2.24, 2.45) is 23.7 Å². The molecule has 0 atom stereocenters. The van der Waals surface area contributed by atoms with Crippen molar-refractivity contribution in [2.75, 3.05) is 0 Å². The molecule has 82 valence electrons. The lowest BCUT2D eigenvalue weighted by molar-refractivity contribution is -0.132. The largest absolute Gasteiger partial charge is 0.477 e. The monoisotopic (exact) mass is 270 g/mol. The van der Waals surface area contributed by atoms with Gasteiger partial charge in [-0.3, -0.25) is 0 Å². The van der Waals surface area contributed by atoms with Crippen molar-refractivity contribution in [1.29, 1.82) is 0 Å². The standard InChI is InChI=1S/C12H15BrO2/c13-11(12(14)15)10-8-2-6-1-7(4-8)5-9(10)3-6/h6-9H,1-5H2,(H,14,15). The summed E-state index contributed by atoms with van der Waals surface area (Å²) in [7, 11) is 0. The van der Waals surface area contributed by atoms with Crippen LogP contribution in [0.25, 0.3) is 0 Å². The molecule has 2 nitrogen and oxygen atoms in total. The van der Waals surface area contributed by atoms with Crippen molar-refractivity contribution in [3.05, 3.63) is 10.1 Å². The Balaban J connectivity index is 1.98. The Bertz CT molecular complexity index is 316. The van der Waals surface area contributed by atoms with E-state index in [2.05, 4.69) is 15.9 Å². The minimum atomic E-state index is -0.780. The van der Waals surface area contributed by atoms with Crippen molar-refractivity contribution in [1.82, 2.24) is 0 Å². The lowest BCUT2D eigenvalue weighted by atomic mass is 9.54. The number of rotatable bonds is 1. The summed E-state index contributed by atoms with van der Waals surface area (Å²) in [5, 5.41) is 9.06. The Kier molecular flexibility index (Phi) is 2.20. The van der Waals surface area contributed by atoms with Crippen LogP contribution >= 0.6 is 15.9 Å². The SMILES string of the molecule is O=C(O)C(Br)=C1C2CC3CC(C2)CC1C3. The number of carboxylic acid groups (broad SMARTS) is 1. The van der Waals surface area contributed by atoms with Crippen molar-refractivity contribution >= 4 is 21.9 Å². The van der Waals surface area contributed by atoms with Gasteiger partial charge in [0.2, 0.25) is 0 Å². The summed E-state index contributed by atoms with van der Waals surface area (Å²) in [6, 6.07) is 0. The van der Waals surface area contributed by atoms with E-state index in [1.165, 1.54) is 37.7 Å². The van der Waals surface area contributed by atoms with Gasteiger partial charge in [0.25, 0.3) is 0 Å². The minimum Gasteiger partial charge on any atom is -0.477 e. The molecule has 4 saturated carbocycles. The van der Waals surface area contributed by atoms with Crippen LogP contribution in [0.2, 0.25) is 0 Å². The molecule has 4 rings (SSSR count). The highest BCUT2D eigenvalue weighted by Gasteiger charge is 2.46. The van der Waals surface area contributed by atoms with E-state index < -0.39 is 5.97 Å². The predicted molar refractivity (Wildman–Crippen MR) is 60.6 cm³/mol. The van der Waals surface area contributed by atoms with Gasteiger partial charge in [-0.05, 0) is 77.3 Å². The Morgan fingerprint density at radius 3 is 1.93 bits per heavy atom. The van der Waals surface area contributed by atoms with E-state index >= 15 is 0 Å². The minimum absolute atomic E-state index is 0.469. The predicted octanol–water partition coefficient (Wildman–Crippen LogP) is 3.18. The molecule has 0 saturated heterocycles. The van der Waals surface area contributed by atoms with Crippen LogP contribution in [0.1, 0.15) is 32.1 Å². The summed E-state index contributed by atoms with van der Waals surface area (Å²) in [6.45, 7) is 0. The van der Waals surface area contributed by atoms with Crippen LogP contribution in [0.15, 0.2) is 10.1 Å². The average molecular weight is 271 g/mol. The van der Waals surface area contributed by atoms with Crippen LogP contribution < -0.4 is 0 Å². The number of halogens is 1. The van der Waals surface area contributed by atoms with Crippen LogP contribution in [0.3, 0.4) is 0 Å². The van der Waals surface area contributed by atoms with Gasteiger partial charge in [0.15, 0.2) is 0 Å². The molecule has 0 radical (unpaired) electrons. The lowest BCUT2D eigenvalue weighted by Gasteiger charge is -2.51. The number of hydrogen-bond acceptors (Lipinski definition) is 1. The molecule has 0 amide bonds. The highest BCUT2D eigenvalue weighted by molar-refractivity contribution is 9.12. The number of hydrogen-bond donors (Lipinski definition) is 1. The van der Waals surface area contributed by atoms with E-state index in [0.717, 1.165) is 11.8 Å². The molecule has 0 unspecified atom stereocenters. The highest BCUT2D eigenvalue weighted by atomic mass is 79.9. The van der Waals surface area contributed by atoms with Gasteiger partial charge in [-0.15, -0.1) is 0 Å². The number of allylic oxidation sites excluding steroid dienone is 1. The molecule has 4 aliphatic rings. The van der Waals surface area contributed by atoms with Crippen LogP contribution in [0.4, 0.5) is 0 Å². The molecule has 3 heteroatoms. The van der Waals surface area contributed by atoms with Gasteiger partial charge in [0, 0.05) is 0 Å². The lowest BCUT2D eigenvalue weighted by Crippen LogP contribution is -2.41. The second-order valence-electron chi connectivity index (χ2n) is 5.38. The van der Waals surface area contributed by atoms with Crippen molar-refractivity contribution < 1.29 is 9.90 Å². The third-order valence-electron chi connectivity index (χ3n) is 4.46. The highest BCUT2D eigenvalue weighted by Crippen LogP contribution is 2.57. The van der Waals surface area contributed by atoms with Gasteiger partial charge < -0.3 is 5.11 Å². The second-order valence-corrected chi connectivity index (χ2v) is 6.17.